The topological polar surface area (TPSA) is 26.5 Å². The van der Waals surface area contributed by atoms with Gasteiger partial charge in [0.25, 0.3) is 11.6 Å². The lowest BCUT2D eigenvalue weighted by molar-refractivity contribution is -0.661. The molecule has 2 aromatic rings. The van der Waals surface area contributed by atoms with Gasteiger partial charge in [0, 0.05) is 12.0 Å². The molecule has 1 N–H and O–H groups in total. The highest BCUT2D eigenvalue weighted by Crippen LogP contribution is 2.37. The van der Waals surface area contributed by atoms with Crippen LogP contribution in [0.5, 0.6) is 0 Å². The molecule has 0 saturated carbocycles. The zero-order chi connectivity index (χ0) is 17.6. The fourth-order valence-electron chi connectivity index (χ4n) is 4.21. The van der Waals surface area contributed by atoms with Crippen LogP contribution in [-0.2, 0) is 5.72 Å². The lowest BCUT2D eigenvalue weighted by Gasteiger charge is -2.24. The van der Waals surface area contributed by atoms with Crippen LogP contribution in [0.1, 0.15) is 41.5 Å². The van der Waals surface area contributed by atoms with Crippen LogP contribution in [0.4, 0.5) is 5.69 Å². The van der Waals surface area contributed by atoms with Gasteiger partial charge in [-0.25, -0.2) is 9.48 Å². The van der Waals surface area contributed by atoms with Crippen molar-refractivity contribution in [3.05, 3.63) is 64.7 Å². The number of hydrogen-bond donors (Lipinski definition) is 1. The highest BCUT2D eigenvalue weighted by atomic mass is 16.3. The second kappa shape index (κ2) is 5.99. The van der Waals surface area contributed by atoms with Gasteiger partial charge in [-0.15, -0.1) is 0 Å². The van der Waals surface area contributed by atoms with Crippen LogP contribution < -0.4 is 4.90 Å². The molecule has 0 bridgehead atoms. The van der Waals surface area contributed by atoms with Gasteiger partial charge in [0.2, 0.25) is 0 Å². The monoisotopic (exact) mass is 335 g/mol. The lowest BCUT2D eigenvalue weighted by Crippen LogP contribution is -2.41. The van der Waals surface area contributed by atoms with Gasteiger partial charge in [-0.3, -0.25) is 0 Å². The molecule has 4 rings (SSSR count). The number of aliphatic hydroxyl groups is 1. The Labute approximate surface area is 150 Å². The van der Waals surface area contributed by atoms with E-state index in [1.165, 1.54) is 34.6 Å². The Bertz CT molecular complexity index is 838. The molecule has 0 saturated heterocycles. The van der Waals surface area contributed by atoms with Crippen molar-refractivity contribution in [3.63, 3.8) is 0 Å². The SMILES string of the molecule is Cc1ccc([C@]2(O)CN(c3cccc(C)c3C)C3=[N+]2CCCC3)cc1. The summed E-state index contributed by atoms with van der Waals surface area (Å²) in [7, 11) is 0. The van der Waals surface area contributed by atoms with Crippen molar-refractivity contribution < 1.29 is 9.68 Å². The number of rotatable bonds is 2. The number of nitrogens with zero attached hydrogens (tertiary/aromatic N) is 2. The van der Waals surface area contributed by atoms with Crippen LogP contribution >= 0.6 is 0 Å². The van der Waals surface area contributed by atoms with E-state index >= 15 is 0 Å². The van der Waals surface area contributed by atoms with Gasteiger partial charge >= 0.3 is 0 Å². The Morgan fingerprint density at radius 2 is 1.76 bits per heavy atom. The van der Waals surface area contributed by atoms with E-state index in [1.54, 1.807) is 0 Å². The maximum Gasteiger partial charge on any atom is 0.271 e. The second-order valence-corrected chi connectivity index (χ2v) is 7.51. The molecule has 25 heavy (non-hydrogen) atoms. The maximum absolute atomic E-state index is 11.7. The van der Waals surface area contributed by atoms with Crippen LogP contribution in [-0.4, -0.2) is 28.6 Å². The number of aryl methyl sites for hydroxylation is 2. The van der Waals surface area contributed by atoms with E-state index in [9.17, 15) is 5.11 Å². The third-order valence-electron chi connectivity index (χ3n) is 5.86. The Hall–Kier alpha value is -2.13. The summed E-state index contributed by atoms with van der Waals surface area (Å²) in [6.07, 6.45) is 3.36. The first-order chi connectivity index (χ1) is 12.0. The Morgan fingerprint density at radius 3 is 2.52 bits per heavy atom. The fraction of sp³-hybridized carbons (Fsp3) is 0.409. The largest absolute Gasteiger partial charge is 0.346 e. The Balaban J connectivity index is 1.83. The molecule has 0 radical (unpaired) electrons. The maximum atomic E-state index is 11.7. The van der Waals surface area contributed by atoms with E-state index in [4.69, 9.17) is 0 Å². The molecule has 0 spiro atoms. The summed E-state index contributed by atoms with van der Waals surface area (Å²) in [5.74, 6) is 1.27. The molecule has 2 aromatic carbocycles. The molecule has 2 aliphatic heterocycles. The molecule has 0 unspecified atom stereocenters. The standard InChI is InChI=1S/C22H27N2O/c1-16-10-12-19(13-11-16)22(25)15-23(21-9-4-5-14-24(21)22)20-8-6-7-17(2)18(20)3/h6-8,10-13,25H,4-5,9,14-15H2,1-3H3/q+1/t22-/m1/s1. The van der Waals surface area contributed by atoms with E-state index in [-0.39, 0.29) is 0 Å². The highest BCUT2D eigenvalue weighted by molar-refractivity contribution is 5.96. The first-order valence-corrected chi connectivity index (χ1v) is 9.27. The van der Waals surface area contributed by atoms with Crippen molar-refractivity contribution >= 4 is 11.5 Å². The van der Waals surface area contributed by atoms with Crippen LogP contribution in [0.25, 0.3) is 0 Å². The highest BCUT2D eigenvalue weighted by Gasteiger charge is 2.52. The molecule has 3 heteroatoms. The van der Waals surface area contributed by atoms with Crippen molar-refractivity contribution in [3.8, 4) is 0 Å². The van der Waals surface area contributed by atoms with Gasteiger partial charge in [0.15, 0.2) is 6.54 Å². The summed E-state index contributed by atoms with van der Waals surface area (Å²) in [6, 6.07) is 14.8. The number of benzene rings is 2. The van der Waals surface area contributed by atoms with E-state index in [1.807, 2.05) is 0 Å². The first-order valence-electron chi connectivity index (χ1n) is 9.27. The van der Waals surface area contributed by atoms with Crippen molar-refractivity contribution in [2.75, 3.05) is 18.0 Å². The predicted molar refractivity (Wildman–Crippen MR) is 102 cm³/mol. The van der Waals surface area contributed by atoms with Gasteiger partial charge in [0.1, 0.15) is 5.69 Å². The third kappa shape index (κ3) is 2.58. The third-order valence-corrected chi connectivity index (χ3v) is 5.86. The molecular weight excluding hydrogens is 308 g/mol. The minimum absolute atomic E-state index is 0.593. The van der Waals surface area contributed by atoms with Gasteiger partial charge in [-0.1, -0.05) is 42.0 Å². The number of amidine groups is 1. The molecule has 1 atom stereocenters. The fourth-order valence-corrected chi connectivity index (χ4v) is 4.21. The number of anilines is 1. The zero-order valence-electron chi connectivity index (χ0n) is 15.4. The molecule has 2 heterocycles. The second-order valence-electron chi connectivity index (χ2n) is 7.51. The molecule has 0 amide bonds. The smallest absolute Gasteiger partial charge is 0.271 e. The van der Waals surface area contributed by atoms with Crippen LogP contribution in [0.3, 0.4) is 0 Å². The van der Waals surface area contributed by atoms with Crippen molar-refractivity contribution in [2.24, 2.45) is 0 Å². The Kier molecular flexibility index (Phi) is 3.92. The van der Waals surface area contributed by atoms with E-state index in [2.05, 4.69) is 72.7 Å². The molecule has 130 valence electrons. The van der Waals surface area contributed by atoms with Crippen LogP contribution in [0.2, 0.25) is 0 Å². The average Bonchev–Trinajstić information content (AvgIpc) is 2.92. The summed E-state index contributed by atoms with van der Waals surface area (Å²) < 4.78 is 2.24. The summed E-state index contributed by atoms with van der Waals surface area (Å²) >= 11 is 0. The molecule has 3 nitrogen and oxygen atoms in total. The van der Waals surface area contributed by atoms with E-state index in [0.717, 1.165) is 24.9 Å². The molecule has 0 aliphatic carbocycles. The normalized spacial score (nSPS) is 23.1. The molecule has 0 fully saturated rings. The quantitative estimate of drug-likeness (QED) is 0.843. The number of hydrogen-bond acceptors (Lipinski definition) is 2. The van der Waals surface area contributed by atoms with Crippen molar-refractivity contribution in [2.45, 2.75) is 45.8 Å². The van der Waals surface area contributed by atoms with Crippen LogP contribution in [0.15, 0.2) is 42.5 Å². The van der Waals surface area contributed by atoms with Crippen molar-refractivity contribution in [1.29, 1.82) is 0 Å². The minimum atomic E-state index is -0.945. The average molecular weight is 335 g/mol. The van der Waals surface area contributed by atoms with Gasteiger partial charge in [-0.2, -0.15) is 0 Å². The van der Waals surface area contributed by atoms with E-state index < -0.39 is 5.72 Å². The van der Waals surface area contributed by atoms with Gasteiger partial charge < -0.3 is 5.11 Å². The van der Waals surface area contributed by atoms with Crippen LogP contribution in [0, 0.1) is 20.8 Å². The summed E-state index contributed by atoms with van der Waals surface area (Å²) in [6.45, 7) is 7.94. The van der Waals surface area contributed by atoms with Gasteiger partial charge in [0.05, 0.1) is 6.54 Å². The minimum Gasteiger partial charge on any atom is -0.346 e. The predicted octanol–water partition coefficient (Wildman–Crippen LogP) is 3.87. The lowest BCUT2D eigenvalue weighted by atomic mass is 10.00. The number of β-amino-alcohol motifs (C(OH)–C–C–N with tert-alkyl or cyclic N) is 1. The summed E-state index contributed by atoms with van der Waals surface area (Å²) in [5, 5.41) is 11.7. The van der Waals surface area contributed by atoms with E-state index in [0.29, 0.717) is 6.54 Å². The summed E-state index contributed by atoms with van der Waals surface area (Å²) in [5.41, 5.74) is 5.09. The Morgan fingerprint density at radius 1 is 1.00 bits per heavy atom. The summed E-state index contributed by atoms with van der Waals surface area (Å²) in [4.78, 5) is 2.35. The molecule has 0 aromatic heterocycles. The van der Waals surface area contributed by atoms with Crippen molar-refractivity contribution in [1.82, 2.24) is 0 Å². The molecular formula is C22H27N2O+. The zero-order valence-corrected chi connectivity index (χ0v) is 15.4. The molecule has 2 aliphatic rings. The van der Waals surface area contributed by atoms with Gasteiger partial charge in [-0.05, 0) is 50.8 Å². The first kappa shape index (κ1) is 16.3.